The number of fused-ring (bicyclic) bond motifs is 3. The molecule has 4 rings (SSSR count). The zero-order valence-electron chi connectivity index (χ0n) is 16.1. The molecule has 1 aromatic carbocycles. The Hall–Kier alpha value is -3.33. The van der Waals surface area contributed by atoms with E-state index in [2.05, 4.69) is 15.6 Å². The van der Waals surface area contributed by atoms with Crippen molar-refractivity contribution in [1.82, 2.24) is 10.3 Å². The van der Waals surface area contributed by atoms with Gasteiger partial charge in [0.2, 0.25) is 5.91 Å². The van der Waals surface area contributed by atoms with Crippen LogP contribution >= 0.6 is 0 Å². The number of aromatic nitrogens is 1. The van der Waals surface area contributed by atoms with E-state index in [1.165, 1.54) is 6.92 Å². The lowest BCUT2D eigenvalue weighted by Crippen LogP contribution is -2.47. The van der Waals surface area contributed by atoms with E-state index in [0.29, 0.717) is 31.1 Å². The molecule has 0 radical (unpaired) electrons. The molecule has 1 aromatic heterocycles. The fourth-order valence-corrected chi connectivity index (χ4v) is 3.50. The van der Waals surface area contributed by atoms with Crippen LogP contribution in [0.1, 0.15) is 6.92 Å². The number of carbonyl (C=O) groups is 2. The fraction of sp³-hybridized carbons (Fsp3) is 0.350. The topological polar surface area (TPSA) is 119 Å². The normalized spacial score (nSPS) is 19.7. The molecule has 1 saturated heterocycles. The summed E-state index contributed by atoms with van der Waals surface area (Å²) in [6, 6.07) is 9.24. The van der Waals surface area contributed by atoms with Crippen molar-refractivity contribution in [2.24, 2.45) is 5.73 Å². The minimum Gasteiger partial charge on any atom is -0.489 e. The van der Waals surface area contributed by atoms with E-state index in [1.54, 1.807) is 11.1 Å². The highest BCUT2D eigenvalue weighted by atomic mass is 16.6. The van der Waals surface area contributed by atoms with Crippen LogP contribution in [0.25, 0.3) is 11.1 Å². The van der Waals surface area contributed by atoms with Crippen LogP contribution in [0, 0.1) is 0 Å². The smallest absolute Gasteiger partial charge is 0.415 e. The van der Waals surface area contributed by atoms with Gasteiger partial charge in [-0.05, 0) is 29.8 Å². The number of amides is 2. The third kappa shape index (κ3) is 3.81. The first-order valence-electron chi connectivity index (χ1n) is 9.48. The van der Waals surface area contributed by atoms with Gasteiger partial charge in [-0.1, -0.05) is 6.07 Å². The standard InChI is InChI=1S/C20H23N5O4/c1-12(26)23-10-18-16-11-28-17-8-13(2-4-15(17)25(16)20(27)29-18)14-3-5-19(24-9-14)22-7-6-21/h2-5,8-9,16,18H,6-7,10-11,21H2,1H3,(H,22,24)(H,23,26)/t16-,18?/m0/s1. The summed E-state index contributed by atoms with van der Waals surface area (Å²) >= 11 is 0. The molecule has 0 aliphatic carbocycles. The first-order valence-corrected chi connectivity index (χ1v) is 9.48. The van der Waals surface area contributed by atoms with Crippen molar-refractivity contribution in [2.75, 3.05) is 36.5 Å². The lowest BCUT2D eigenvalue weighted by atomic mass is 10.0. The second kappa shape index (κ2) is 7.96. The van der Waals surface area contributed by atoms with Crippen molar-refractivity contribution >= 4 is 23.5 Å². The molecule has 4 N–H and O–H groups in total. The molecule has 29 heavy (non-hydrogen) atoms. The molecule has 3 heterocycles. The van der Waals surface area contributed by atoms with Gasteiger partial charge in [-0.3, -0.25) is 9.69 Å². The number of rotatable bonds is 6. The molecule has 152 valence electrons. The number of nitrogens with one attached hydrogen (secondary N) is 2. The number of hydrogen-bond acceptors (Lipinski definition) is 7. The third-order valence-corrected chi connectivity index (χ3v) is 4.94. The molecule has 0 bridgehead atoms. The summed E-state index contributed by atoms with van der Waals surface area (Å²) in [5.74, 6) is 1.21. The molecule has 1 fully saturated rings. The molecule has 2 atom stereocenters. The van der Waals surface area contributed by atoms with Crippen molar-refractivity contribution in [3.05, 3.63) is 36.5 Å². The predicted molar refractivity (Wildman–Crippen MR) is 108 cm³/mol. The zero-order valence-corrected chi connectivity index (χ0v) is 16.1. The van der Waals surface area contributed by atoms with E-state index in [9.17, 15) is 9.59 Å². The van der Waals surface area contributed by atoms with Crippen LogP contribution in [0.4, 0.5) is 16.3 Å². The maximum absolute atomic E-state index is 12.4. The van der Waals surface area contributed by atoms with Crippen molar-refractivity contribution in [3.8, 4) is 16.9 Å². The fourth-order valence-electron chi connectivity index (χ4n) is 3.50. The van der Waals surface area contributed by atoms with E-state index in [1.807, 2.05) is 30.3 Å². The van der Waals surface area contributed by atoms with Gasteiger partial charge < -0.3 is 25.8 Å². The summed E-state index contributed by atoms with van der Waals surface area (Å²) in [6.45, 7) is 3.19. The van der Waals surface area contributed by atoms with E-state index in [-0.39, 0.29) is 18.5 Å². The Labute approximate surface area is 168 Å². The van der Waals surface area contributed by atoms with Crippen LogP contribution in [0.5, 0.6) is 5.75 Å². The Bertz CT molecular complexity index is 918. The molecule has 9 heteroatoms. The Morgan fingerprint density at radius 3 is 2.86 bits per heavy atom. The van der Waals surface area contributed by atoms with E-state index in [4.69, 9.17) is 15.2 Å². The molecule has 0 saturated carbocycles. The third-order valence-electron chi connectivity index (χ3n) is 4.94. The number of ether oxygens (including phenoxy) is 2. The highest BCUT2D eigenvalue weighted by Gasteiger charge is 2.46. The zero-order chi connectivity index (χ0) is 20.4. The van der Waals surface area contributed by atoms with Gasteiger partial charge in [-0.15, -0.1) is 0 Å². The van der Waals surface area contributed by atoms with Crippen molar-refractivity contribution in [1.29, 1.82) is 0 Å². The highest BCUT2D eigenvalue weighted by Crippen LogP contribution is 2.40. The predicted octanol–water partition coefficient (Wildman–Crippen LogP) is 1.34. The Kier molecular flexibility index (Phi) is 5.22. The number of benzene rings is 1. The van der Waals surface area contributed by atoms with E-state index >= 15 is 0 Å². The summed E-state index contributed by atoms with van der Waals surface area (Å²) in [5, 5.41) is 5.82. The van der Waals surface area contributed by atoms with Gasteiger partial charge >= 0.3 is 6.09 Å². The van der Waals surface area contributed by atoms with Crippen LogP contribution in [-0.4, -0.2) is 55.4 Å². The molecular weight excluding hydrogens is 374 g/mol. The maximum Gasteiger partial charge on any atom is 0.415 e. The Morgan fingerprint density at radius 2 is 2.14 bits per heavy atom. The van der Waals surface area contributed by atoms with Gasteiger partial charge in [0.1, 0.15) is 30.3 Å². The lowest BCUT2D eigenvalue weighted by molar-refractivity contribution is -0.119. The largest absolute Gasteiger partial charge is 0.489 e. The average molecular weight is 397 g/mol. The number of nitrogens with two attached hydrogens (primary N) is 1. The van der Waals surface area contributed by atoms with Crippen molar-refractivity contribution in [3.63, 3.8) is 0 Å². The molecule has 2 aliphatic rings. The molecule has 2 aliphatic heterocycles. The molecular formula is C20H23N5O4. The minimum atomic E-state index is -0.447. The Morgan fingerprint density at radius 1 is 1.31 bits per heavy atom. The highest BCUT2D eigenvalue weighted by molar-refractivity contribution is 5.94. The second-order valence-corrected chi connectivity index (χ2v) is 6.94. The number of hydrogen-bond donors (Lipinski definition) is 3. The van der Waals surface area contributed by atoms with Gasteiger partial charge in [0, 0.05) is 31.8 Å². The lowest BCUT2D eigenvalue weighted by Gasteiger charge is -2.31. The van der Waals surface area contributed by atoms with Gasteiger partial charge in [-0.25, -0.2) is 9.78 Å². The molecule has 9 nitrogen and oxygen atoms in total. The first-order chi connectivity index (χ1) is 14.1. The quantitative estimate of drug-likeness (QED) is 0.673. The van der Waals surface area contributed by atoms with Gasteiger partial charge in [0.05, 0.1) is 12.2 Å². The van der Waals surface area contributed by atoms with Gasteiger partial charge in [0.25, 0.3) is 0 Å². The van der Waals surface area contributed by atoms with Gasteiger partial charge in [-0.2, -0.15) is 0 Å². The van der Waals surface area contributed by atoms with Crippen molar-refractivity contribution < 1.29 is 19.1 Å². The molecule has 0 spiro atoms. The van der Waals surface area contributed by atoms with Crippen LogP contribution in [0.15, 0.2) is 36.5 Å². The van der Waals surface area contributed by atoms with E-state index < -0.39 is 12.2 Å². The van der Waals surface area contributed by atoms with Crippen LogP contribution in [-0.2, 0) is 9.53 Å². The SMILES string of the molecule is CC(=O)NCC1OC(=O)N2c3ccc(-c4ccc(NCCN)nc4)cc3OC[C@@H]12. The number of anilines is 2. The average Bonchev–Trinajstić information content (AvgIpc) is 3.06. The maximum atomic E-state index is 12.4. The van der Waals surface area contributed by atoms with Crippen molar-refractivity contribution in [2.45, 2.75) is 19.1 Å². The summed E-state index contributed by atoms with van der Waals surface area (Å²) in [7, 11) is 0. The minimum absolute atomic E-state index is 0.167. The van der Waals surface area contributed by atoms with Crippen LogP contribution < -0.4 is 26.0 Å². The Balaban J connectivity index is 1.53. The summed E-state index contributed by atoms with van der Waals surface area (Å²) in [4.78, 5) is 29.6. The van der Waals surface area contributed by atoms with Crippen LogP contribution in [0.3, 0.4) is 0 Å². The monoisotopic (exact) mass is 397 g/mol. The molecule has 2 amide bonds. The van der Waals surface area contributed by atoms with Crippen LogP contribution in [0.2, 0.25) is 0 Å². The molecule has 1 unspecified atom stereocenters. The van der Waals surface area contributed by atoms with E-state index in [0.717, 1.165) is 16.9 Å². The summed E-state index contributed by atoms with van der Waals surface area (Å²) in [5.41, 5.74) is 8.02. The summed E-state index contributed by atoms with van der Waals surface area (Å²) in [6.07, 6.45) is 0.899. The van der Waals surface area contributed by atoms with Gasteiger partial charge in [0.15, 0.2) is 0 Å². The molecule has 2 aromatic rings. The number of pyridine rings is 1. The number of nitrogens with zero attached hydrogens (tertiary/aromatic N) is 2. The number of cyclic esters (lactones) is 1. The second-order valence-electron chi connectivity index (χ2n) is 6.94. The first kappa shape index (κ1) is 19.0. The summed E-state index contributed by atoms with van der Waals surface area (Å²) < 4.78 is 11.4. The number of carbonyl (C=O) groups excluding carboxylic acids is 2.